The zero-order valence-electron chi connectivity index (χ0n) is 11.9. The predicted molar refractivity (Wildman–Crippen MR) is 83.4 cm³/mol. The molecule has 0 saturated carbocycles. The number of halogens is 1. The lowest BCUT2D eigenvalue weighted by atomic mass is 9.86. The Morgan fingerprint density at radius 1 is 1.45 bits per heavy atom. The molecule has 1 unspecified atom stereocenters. The summed E-state index contributed by atoms with van der Waals surface area (Å²) >= 11 is 5.04. The molecule has 20 heavy (non-hydrogen) atoms. The second-order valence-corrected chi connectivity index (χ2v) is 8.02. The molecule has 1 fully saturated rings. The Labute approximate surface area is 131 Å². The van der Waals surface area contributed by atoms with E-state index in [0.717, 1.165) is 9.35 Å². The van der Waals surface area contributed by atoms with Crippen molar-refractivity contribution < 1.29 is 9.59 Å². The number of hydrogen-bond acceptors (Lipinski definition) is 3. The van der Waals surface area contributed by atoms with E-state index in [1.807, 2.05) is 32.2 Å². The first-order valence-electron chi connectivity index (χ1n) is 6.58. The summed E-state index contributed by atoms with van der Waals surface area (Å²) in [5, 5.41) is 4.86. The van der Waals surface area contributed by atoms with Gasteiger partial charge in [0.15, 0.2) is 0 Å². The van der Waals surface area contributed by atoms with Crippen LogP contribution in [0.4, 0.5) is 0 Å². The van der Waals surface area contributed by atoms with E-state index in [0.29, 0.717) is 19.5 Å². The summed E-state index contributed by atoms with van der Waals surface area (Å²) < 4.78 is 1.03. The highest BCUT2D eigenvalue weighted by Crippen LogP contribution is 2.26. The zero-order chi connectivity index (χ0) is 14.9. The van der Waals surface area contributed by atoms with Crippen LogP contribution in [-0.2, 0) is 16.1 Å². The van der Waals surface area contributed by atoms with Gasteiger partial charge in [-0.3, -0.25) is 9.59 Å². The fraction of sp³-hybridized carbons (Fsp3) is 0.571. The average Bonchev–Trinajstić information content (AvgIpc) is 2.68. The monoisotopic (exact) mass is 358 g/mol. The summed E-state index contributed by atoms with van der Waals surface area (Å²) in [6.07, 6.45) is 0.366. The molecule has 1 aromatic rings. The van der Waals surface area contributed by atoms with Gasteiger partial charge < -0.3 is 10.2 Å². The first-order valence-corrected chi connectivity index (χ1v) is 8.25. The molecule has 0 bridgehead atoms. The van der Waals surface area contributed by atoms with Crippen LogP contribution in [0.25, 0.3) is 0 Å². The molecule has 0 aliphatic carbocycles. The molecule has 2 heterocycles. The van der Waals surface area contributed by atoms with E-state index >= 15 is 0 Å². The lowest BCUT2D eigenvalue weighted by Gasteiger charge is -2.32. The molecule has 0 spiro atoms. The van der Waals surface area contributed by atoms with E-state index in [-0.39, 0.29) is 17.2 Å². The number of thiophene rings is 1. The molecule has 2 amide bonds. The Hall–Kier alpha value is -0.880. The van der Waals surface area contributed by atoms with Crippen LogP contribution in [-0.4, -0.2) is 29.3 Å². The van der Waals surface area contributed by atoms with Gasteiger partial charge in [-0.2, -0.15) is 0 Å². The van der Waals surface area contributed by atoms with Crippen LogP contribution in [0.1, 0.15) is 32.1 Å². The summed E-state index contributed by atoms with van der Waals surface area (Å²) in [5.41, 5.74) is -0.286. The second-order valence-electron chi connectivity index (χ2n) is 6.11. The van der Waals surface area contributed by atoms with Gasteiger partial charge in [-0.15, -0.1) is 11.3 Å². The average molecular weight is 359 g/mol. The molecular weight excluding hydrogens is 340 g/mol. The van der Waals surface area contributed by atoms with Crippen LogP contribution in [0.3, 0.4) is 0 Å². The number of nitrogens with one attached hydrogen (secondary N) is 1. The predicted octanol–water partition coefficient (Wildman–Crippen LogP) is 2.77. The maximum Gasteiger partial charge on any atom is 0.246 e. The molecule has 1 aliphatic heterocycles. The highest BCUT2D eigenvalue weighted by Gasteiger charge is 2.37. The topological polar surface area (TPSA) is 49.4 Å². The normalized spacial score (nSPS) is 20.8. The van der Waals surface area contributed by atoms with Gasteiger partial charge in [0.2, 0.25) is 11.8 Å². The van der Waals surface area contributed by atoms with Crippen molar-refractivity contribution in [1.82, 2.24) is 10.2 Å². The Bertz CT molecular complexity index is 521. The Balaban J connectivity index is 2.19. The van der Waals surface area contributed by atoms with Crippen LogP contribution < -0.4 is 5.32 Å². The second kappa shape index (κ2) is 5.85. The number of rotatable bonds is 2. The van der Waals surface area contributed by atoms with E-state index in [1.54, 1.807) is 16.2 Å². The maximum atomic E-state index is 12.7. The van der Waals surface area contributed by atoms with Crippen molar-refractivity contribution in [3.05, 3.63) is 20.8 Å². The van der Waals surface area contributed by atoms with Crippen LogP contribution in [0.15, 0.2) is 15.9 Å². The minimum absolute atomic E-state index is 0.00729. The van der Waals surface area contributed by atoms with Gasteiger partial charge in [-0.1, -0.05) is 20.8 Å². The molecule has 2 rings (SSSR count). The van der Waals surface area contributed by atoms with Gasteiger partial charge in [-0.05, 0) is 27.4 Å². The Morgan fingerprint density at radius 3 is 2.70 bits per heavy atom. The third kappa shape index (κ3) is 3.61. The highest BCUT2D eigenvalue weighted by molar-refractivity contribution is 9.10. The molecule has 6 heteroatoms. The van der Waals surface area contributed by atoms with E-state index in [1.165, 1.54) is 0 Å². The van der Waals surface area contributed by atoms with Gasteiger partial charge in [0, 0.05) is 27.7 Å². The first kappa shape index (κ1) is 15.5. The summed E-state index contributed by atoms with van der Waals surface area (Å²) in [4.78, 5) is 27.3. The molecule has 1 N–H and O–H groups in total. The fourth-order valence-corrected chi connectivity index (χ4v) is 3.66. The molecule has 110 valence electrons. The fourth-order valence-electron chi connectivity index (χ4n) is 2.19. The number of carbonyl (C=O) groups is 2. The van der Waals surface area contributed by atoms with E-state index in [9.17, 15) is 9.59 Å². The number of amides is 2. The van der Waals surface area contributed by atoms with Gasteiger partial charge in [0.1, 0.15) is 6.04 Å². The van der Waals surface area contributed by atoms with Crippen molar-refractivity contribution in [2.75, 3.05) is 6.54 Å². The van der Waals surface area contributed by atoms with Gasteiger partial charge in [0.05, 0.1) is 6.54 Å². The largest absolute Gasteiger partial charge is 0.344 e. The Kier molecular flexibility index (Phi) is 4.54. The quantitative estimate of drug-likeness (QED) is 0.883. The molecular formula is C14H19BrN2O2S. The molecule has 0 aromatic carbocycles. The summed E-state index contributed by atoms with van der Waals surface area (Å²) in [6.45, 7) is 6.96. The number of carbonyl (C=O) groups excluding carboxylic acids is 2. The molecule has 1 aliphatic rings. The minimum atomic E-state index is -0.457. The van der Waals surface area contributed by atoms with Crippen LogP contribution >= 0.6 is 27.3 Å². The van der Waals surface area contributed by atoms with Crippen molar-refractivity contribution in [3.8, 4) is 0 Å². The smallest absolute Gasteiger partial charge is 0.246 e. The van der Waals surface area contributed by atoms with Crippen molar-refractivity contribution >= 4 is 39.1 Å². The van der Waals surface area contributed by atoms with Gasteiger partial charge in [0.25, 0.3) is 0 Å². The third-order valence-electron chi connectivity index (χ3n) is 3.31. The van der Waals surface area contributed by atoms with E-state index in [2.05, 4.69) is 21.2 Å². The molecule has 4 nitrogen and oxygen atoms in total. The summed E-state index contributed by atoms with van der Waals surface area (Å²) in [7, 11) is 0. The summed E-state index contributed by atoms with van der Waals surface area (Å²) in [6, 6.07) is 1.56. The molecule has 0 radical (unpaired) electrons. The molecule has 1 aromatic heterocycles. The van der Waals surface area contributed by atoms with Crippen molar-refractivity contribution in [2.24, 2.45) is 5.41 Å². The zero-order valence-corrected chi connectivity index (χ0v) is 14.3. The van der Waals surface area contributed by atoms with Crippen molar-refractivity contribution in [2.45, 2.75) is 39.8 Å². The van der Waals surface area contributed by atoms with Crippen LogP contribution in [0, 0.1) is 5.41 Å². The third-order valence-corrected chi connectivity index (χ3v) is 4.99. The van der Waals surface area contributed by atoms with Gasteiger partial charge >= 0.3 is 0 Å². The SMILES string of the molecule is CC(C)(C)C1NC(=O)CCN(Cc2cc(Br)cs2)C1=O. The van der Waals surface area contributed by atoms with E-state index < -0.39 is 6.04 Å². The Morgan fingerprint density at radius 2 is 2.15 bits per heavy atom. The lowest BCUT2D eigenvalue weighted by Crippen LogP contribution is -2.51. The maximum absolute atomic E-state index is 12.7. The molecule has 1 atom stereocenters. The standard InChI is InChI=1S/C14H19BrN2O2S/c1-14(2,3)12-13(19)17(5-4-11(18)16-12)7-10-6-9(15)8-20-10/h6,8,12H,4-5,7H2,1-3H3,(H,16,18). The first-order chi connectivity index (χ1) is 9.27. The van der Waals surface area contributed by atoms with Crippen LogP contribution in [0.5, 0.6) is 0 Å². The highest BCUT2D eigenvalue weighted by atomic mass is 79.9. The minimum Gasteiger partial charge on any atom is -0.344 e. The van der Waals surface area contributed by atoms with Gasteiger partial charge in [-0.25, -0.2) is 0 Å². The van der Waals surface area contributed by atoms with E-state index in [4.69, 9.17) is 0 Å². The van der Waals surface area contributed by atoms with Crippen molar-refractivity contribution in [1.29, 1.82) is 0 Å². The number of hydrogen-bond donors (Lipinski definition) is 1. The molecule has 1 saturated heterocycles. The number of nitrogens with zero attached hydrogens (tertiary/aromatic N) is 1. The summed E-state index contributed by atoms with van der Waals surface area (Å²) in [5.74, 6) is -0.0407. The van der Waals surface area contributed by atoms with Crippen molar-refractivity contribution in [3.63, 3.8) is 0 Å². The lowest BCUT2D eigenvalue weighted by molar-refractivity contribution is -0.136. The van der Waals surface area contributed by atoms with Crippen LogP contribution in [0.2, 0.25) is 0 Å².